The summed E-state index contributed by atoms with van der Waals surface area (Å²) in [6, 6.07) is 12.6. The number of para-hydroxylation sites is 1. The van der Waals surface area contributed by atoms with Crippen LogP contribution in [0.5, 0.6) is 11.5 Å². The van der Waals surface area contributed by atoms with Gasteiger partial charge in [-0.25, -0.2) is 4.39 Å². The van der Waals surface area contributed by atoms with Gasteiger partial charge in [0.05, 0.1) is 0 Å². The van der Waals surface area contributed by atoms with Crippen molar-refractivity contribution in [3.05, 3.63) is 60.2 Å². The molecule has 4 nitrogen and oxygen atoms in total. The molecule has 0 aliphatic heterocycles. The van der Waals surface area contributed by atoms with Gasteiger partial charge in [0.1, 0.15) is 5.75 Å². The molecule has 23 heavy (non-hydrogen) atoms. The summed E-state index contributed by atoms with van der Waals surface area (Å²) >= 11 is 0. The first kappa shape index (κ1) is 15.0. The summed E-state index contributed by atoms with van der Waals surface area (Å²) in [5, 5.41) is 3.27. The maximum Gasteiger partial charge on any atom is 0.471 e. The lowest BCUT2D eigenvalue weighted by atomic mass is 10.2. The Morgan fingerprint density at radius 2 is 1.91 bits per heavy atom. The topological polar surface area (TPSA) is 48.2 Å². The van der Waals surface area contributed by atoms with Crippen molar-refractivity contribution in [1.29, 1.82) is 0 Å². The fourth-order valence-electron chi connectivity index (χ4n) is 1.74. The van der Waals surface area contributed by atoms with Crippen LogP contribution in [0.3, 0.4) is 0 Å². The number of rotatable bonds is 3. The standard InChI is InChI=1S/C15H7F4N2O2/c16-11-6-1-2-7-12(11)22-10-5-3-4-9(8-10)13-20-14(23-21-13)15(17,18)19/h1-4,6-8H. The van der Waals surface area contributed by atoms with E-state index in [1.807, 2.05) is 0 Å². The van der Waals surface area contributed by atoms with Gasteiger partial charge < -0.3 is 9.26 Å². The largest absolute Gasteiger partial charge is 0.471 e. The Morgan fingerprint density at radius 1 is 1.13 bits per heavy atom. The van der Waals surface area contributed by atoms with Crippen molar-refractivity contribution in [2.24, 2.45) is 0 Å². The molecule has 117 valence electrons. The molecule has 2 aromatic carbocycles. The highest BCUT2D eigenvalue weighted by atomic mass is 19.4. The molecule has 0 fully saturated rings. The second kappa shape index (κ2) is 5.71. The predicted octanol–water partition coefficient (Wildman–Crippen LogP) is 4.49. The first-order valence-electron chi connectivity index (χ1n) is 6.29. The SMILES string of the molecule is Fc1ccccc1Oc1[c]ccc(-c2noc(C(F)(F)F)n2)c1. The van der Waals surface area contributed by atoms with Crippen molar-refractivity contribution in [3.8, 4) is 22.9 Å². The van der Waals surface area contributed by atoms with Crippen LogP contribution in [-0.4, -0.2) is 10.1 Å². The quantitative estimate of drug-likeness (QED) is 0.667. The van der Waals surface area contributed by atoms with Gasteiger partial charge in [-0.15, -0.1) is 0 Å². The van der Waals surface area contributed by atoms with Crippen molar-refractivity contribution in [2.75, 3.05) is 0 Å². The molecule has 0 bridgehead atoms. The fraction of sp³-hybridized carbons (Fsp3) is 0.0667. The molecule has 0 aliphatic carbocycles. The molecule has 0 saturated carbocycles. The van der Waals surface area contributed by atoms with Crippen molar-refractivity contribution in [2.45, 2.75) is 6.18 Å². The predicted molar refractivity (Wildman–Crippen MR) is 70.0 cm³/mol. The Balaban J connectivity index is 1.88. The Labute approximate surface area is 127 Å². The van der Waals surface area contributed by atoms with Crippen molar-refractivity contribution in [3.63, 3.8) is 0 Å². The van der Waals surface area contributed by atoms with Gasteiger partial charge >= 0.3 is 12.1 Å². The highest BCUT2D eigenvalue weighted by molar-refractivity contribution is 5.57. The summed E-state index contributed by atoms with van der Waals surface area (Å²) in [5.74, 6) is -2.22. The number of halogens is 4. The van der Waals surface area contributed by atoms with Crippen LogP contribution in [0.1, 0.15) is 5.89 Å². The third-order valence-electron chi connectivity index (χ3n) is 2.76. The van der Waals surface area contributed by atoms with E-state index < -0.39 is 17.9 Å². The molecular formula is C15H7F4N2O2. The summed E-state index contributed by atoms with van der Waals surface area (Å²) in [7, 11) is 0. The molecule has 3 aromatic rings. The number of ether oxygens (including phenoxy) is 1. The Hall–Kier alpha value is -2.90. The van der Waals surface area contributed by atoms with Crippen molar-refractivity contribution >= 4 is 0 Å². The number of aromatic nitrogens is 2. The summed E-state index contributed by atoms with van der Waals surface area (Å²) in [4.78, 5) is 3.27. The maximum absolute atomic E-state index is 13.5. The van der Waals surface area contributed by atoms with E-state index in [4.69, 9.17) is 4.74 Å². The normalized spacial score (nSPS) is 11.5. The minimum Gasteiger partial charge on any atom is -0.454 e. The smallest absolute Gasteiger partial charge is 0.454 e. The molecule has 0 unspecified atom stereocenters. The highest BCUT2D eigenvalue weighted by Crippen LogP contribution is 2.31. The van der Waals surface area contributed by atoms with E-state index >= 15 is 0 Å². The molecular weight excluding hydrogens is 316 g/mol. The van der Waals surface area contributed by atoms with Gasteiger partial charge in [-0.1, -0.05) is 23.4 Å². The minimum atomic E-state index is -4.72. The lowest BCUT2D eigenvalue weighted by Crippen LogP contribution is -2.04. The third kappa shape index (κ3) is 3.31. The van der Waals surface area contributed by atoms with Crippen LogP contribution in [0, 0.1) is 11.9 Å². The van der Waals surface area contributed by atoms with Gasteiger partial charge in [0.15, 0.2) is 11.6 Å². The molecule has 0 aliphatic rings. The van der Waals surface area contributed by atoms with Crippen LogP contribution >= 0.6 is 0 Å². The molecule has 1 aromatic heterocycles. The number of benzene rings is 2. The molecule has 0 N–H and O–H groups in total. The van der Waals surface area contributed by atoms with Gasteiger partial charge in [-0.3, -0.25) is 0 Å². The molecule has 1 heterocycles. The highest BCUT2D eigenvalue weighted by Gasteiger charge is 2.38. The number of alkyl halides is 3. The van der Waals surface area contributed by atoms with Crippen LogP contribution in [0.2, 0.25) is 0 Å². The van der Waals surface area contributed by atoms with Crippen LogP contribution in [0.25, 0.3) is 11.4 Å². The van der Waals surface area contributed by atoms with Crippen LogP contribution in [-0.2, 0) is 6.18 Å². The second-order valence-electron chi connectivity index (χ2n) is 4.39. The third-order valence-corrected chi connectivity index (χ3v) is 2.76. The van der Waals surface area contributed by atoms with Gasteiger partial charge in [-0.05, 0) is 24.3 Å². The Morgan fingerprint density at radius 3 is 2.61 bits per heavy atom. The van der Waals surface area contributed by atoms with E-state index in [2.05, 4.69) is 20.7 Å². The Kier molecular flexibility index (Phi) is 3.73. The molecule has 1 radical (unpaired) electrons. The van der Waals surface area contributed by atoms with E-state index in [9.17, 15) is 17.6 Å². The van der Waals surface area contributed by atoms with Gasteiger partial charge in [-0.2, -0.15) is 18.2 Å². The molecule has 0 amide bonds. The zero-order chi connectivity index (χ0) is 16.4. The molecule has 0 spiro atoms. The van der Waals surface area contributed by atoms with E-state index in [0.717, 1.165) is 0 Å². The van der Waals surface area contributed by atoms with E-state index in [0.29, 0.717) is 0 Å². The zero-order valence-corrected chi connectivity index (χ0v) is 11.3. The lowest BCUT2D eigenvalue weighted by Gasteiger charge is -2.06. The summed E-state index contributed by atoms with van der Waals surface area (Å²) in [5.41, 5.74) is 0.217. The van der Waals surface area contributed by atoms with Crippen LogP contribution in [0.4, 0.5) is 17.6 Å². The Bertz CT molecular complexity index is 830. The summed E-state index contributed by atoms with van der Waals surface area (Å²) < 4.78 is 60.4. The monoisotopic (exact) mass is 323 g/mol. The van der Waals surface area contributed by atoms with Crippen molar-refractivity contribution < 1.29 is 26.8 Å². The average Bonchev–Trinajstić information content (AvgIpc) is 3.00. The zero-order valence-electron chi connectivity index (χ0n) is 11.3. The molecule has 0 saturated heterocycles. The second-order valence-corrected chi connectivity index (χ2v) is 4.39. The molecule has 8 heteroatoms. The first-order valence-corrected chi connectivity index (χ1v) is 6.29. The van der Waals surface area contributed by atoms with Crippen molar-refractivity contribution in [1.82, 2.24) is 10.1 Å². The van der Waals surface area contributed by atoms with Crippen LogP contribution < -0.4 is 4.74 Å². The minimum absolute atomic E-state index is 0.0370. The number of hydrogen-bond donors (Lipinski definition) is 0. The van der Waals surface area contributed by atoms with Gasteiger partial charge in [0, 0.05) is 11.6 Å². The number of hydrogen-bond acceptors (Lipinski definition) is 4. The number of nitrogens with zero attached hydrogens (tertiary/aromatic N) is 2. The summed E-state index contributed by atoms with van der Waals surface area (Å²) in [6.07, 6.45) is -4.72. The van der Waals surface area contributed by atoms with E-state index in [1.54, 1.807) is 6.07 Å². The summed E-state index contributed by atoms with van der Waals surface area (Å²) in [6.45, 7) is 0. The van der Waals surface area contributed by atoms with Crippen LogP contribution in [0.15, 0.2) is 47.0 Å². The van der Waals surface area contributed by atoms with E-state index in [1.165, 1.54) is 36.4 Å². The molecule has 0 atom stereocenters. The van der Waals surface area contributed by atoms with Gasteiger partial charge in [0.2, 0.25) is 5.82 Å². The van der Waals surface area contributed by atoms with E-state index in [-0.39, 0.29) is 22.9 Å². The average molecular weight is 323 g/mol. The van der Waals surface area contributed by atoms with Gasteiger partial charge in [0.25, 0.3) is 0 Å². The molecule has 3 rings (SSSR count). The lowest BCUT2D eigenvalue weighted by molar-refractivity contribution is -0.159. The maximum atomic E-state index is 13.5. The first-order chi connectivity index (χ1) is 10.9. The fourth-order valence-corrected chi connectivity index (χ4v) is 1.74.